The van der Waals surface area contributed by atoms with Crippen LogP contribution in [0.25, 0.3) is 10.9 Å². The molecule has 0 radical (unpaired) electrons. The zero-order valence-electron chi connectivity index (χ0n) is 12.9. The van der Waals surface area contributed by atoms with Crippen molar-refractivity contribution in [1.82, 2.24) is 15.1 Å². The van der Waals surface area contributed by atoms with Crippen molar-refractivity contribution in [3.8, 4) is 0 Å². The van der Waals surface area contributed by atoms with Crippen molar-refractivity contribution in [1.29, 1.82) is 0 Å². The third kappa shape index (κ3) is 2.79. The fourth-order valence-electron chi connectivity index (χ4n) is 3.44. The molecule has 2 heterocycles. The highest BCUT2D eigenvalue weighted by Crippen LogP contribution is 2.34. The molecule has 2 unspecified atom stereocenters. The third-order valence-corrected chi connectivity index (χ3v) is 4.60. The summed E-state index contributed by atoms with van der Waals surface area (Å²) >= 11 is 0. The van der Waals surface area contributed by atoms with Crippen molar-refractivity contribution in [3.05, 3.63) is 65.4 Å². The minimum atomic E-state index is -0.854. The molecule has 6 heteroatoms. The second kappa shape index (κ2) is 5.96. The lowest BCUT2D eigenvalue weighted by Gasteiger charge is -2.24. The first kappa shape index (κ1) is 15.2. The molecule has 2 N–H and O–H groups in total. The van der Waals surface area contributed by atoms with Crippen molar-refractivity contribution in [2.45, 2.75) is 25.1 Å². The van der Waals surface area contributed by atoms with E-state index < -0.39 is 17.7 Å². The molecule has 1 aliphatic rings. The Morgan fingerprint density at radius 3 is 2.88 bits per heavy atom. The second-order valence-corrected chi connectivity index (χ2v) is 6.30. The first-order chi connectivity index (χ1) is 11.6. The number of nitrogens with zero attached hydrogens (tertiary/aromatic N) is 2. The van der Waals surface area contributed by atoms with E-state index in [0.29, 0.717) is 25.1 Å². The summed E-state index contributed by atoms with van der Waals surface area (Å²) in [4.78, 5) is 2.09. The van der Waals surface area contributed by atoms with E-state index in [0.717, 1.165) is 22.5 Å². The van der Waals surface area contributed by atoms with E-state index >= 15 is 0 Å². The minimum absolute atomic E-state index is 0.132. The molecular formula is C18H17F2N3O. The highest BCUT2D eigenvalue weighted by atomic mass is 19.2. The standard InChI is InChI=1S/C18H17F2N3O/c19-15-4-3-12(6-16(15)20)18-7-14(24)10-23(18)9-11-1-2-13-8-21-22-17(13)5-11/h1-6,8,14,18,24H,7,9-10H2,(H,21,22). The number of rotatable bonds is 3. The lowest BCUT2D eigenvalue weighted by atomic mass is 10.0. The number of likely N-dealkylation sites (tertiary alicyclic amines) is 1. The van der Waals surface area contributed by atoms with Gasteiger partial charge in [0, 0.05) is 24.5 Å². The van der Waals surface area contributed by atoms with Crippen LogP contribution in [0, 0.1) is 11.6 Å². The minimum Gasteiger partial charge on any atom is -0.392 e. The summed E-state index contributed by atoms with van der Waals surface area (Å²) in [6.45, 7) is 1.13. The zero-order valence-corrected chi connectivity index (χ0v) is 12.9. The summed E-state index contributed by atoms with van der Waals surface area (Å²) in [5.41, 5.74) is 2.72. The van der Waals surface area contributed by atoms with Crippen LogP contribution in [-0.4, -0.2) is 32.9 Å². The second-order valence-electron chi connectivity index (χ2n) is 6.30. The molecule has 0 spiro atoms. The number of hydrogen-bond acceptors (Lipinski definition) is 3. The number of benzene rings is 2. The van der Waals surface area contributed by atoms with Gasteiger partial charge in [-0.1, -0.05) is 18.2 Å². The molecule has 24 heavy (non-hydrogen) atoms. The van der Waals surface area contributed by atoms with Gasteiger partial charge in [-0.3, -0.25) is 10.00 Å². The zero-order chi connectivity index (χ0) is 16.7. The number of aliphatic hydroxyl groups is 1. The first-order valence-corrected chi connectivity index (χ1v) is 7.89. The van der Waals surface area contributed by atoms with Crippen LogP contribution in [0.15, 0.2) is 42.6 Å². The van der Waals surface area contributed by atoms with Crippen molar-refractivity contribution in [2.24, 2.45) is 0 Å². The van der Waals surface area contributed by atoms with Gasteiger partial charge >= 0.3 is 0 Å². The number of nitrogens with one attached hydrogen (secondary N) is 1. The molecule has 0 aliphatic carbocycles. The number of fused-ring (bicyclic) bond motifs is 1. The number of halogens is 2. The lowest BCUT2D eigenvalue weighted by Crippen LogP contribution is -2.24. The Bertz CT molecular complexity index is 880. The molecular weight excluding hydrogens is 312 g/mol. The van der Waals surface area contributed by atoms with Gasteiger partial charge in [-0.2, -0.15) is 5.10 Å². The number of aromatic nitrogens is 2. The van der Waals surface area contributed by atoms with Crippen LogP contribution in [0.4, 0.5) is 8.78 Å². The van der Waals surface area contributed by atoms with Gasteiger partial charge in [-0.05, 0) is 35.7 Å². The summed E-state index contributed by atoms with van der Waals surface area (Å²) in [7, 11) is 0. The molecule has 124 valence electrons. The van der Waals surface area contributed by atoms with E-state index in [4.69, 9.17) is 0 Å². The van der Waals surface area contributed by atoms with Gasteiger partial charge in [-0.15, -0.1) is 0 Å². The molecule has 1 fully saturated rings. The van der Waals surface area contributed by atoms with Gasteiger partial charge in [0.25, 0.3) is 0 Å². The van der Waals surface area contributed by atoms with E-state index in [2.05, 4.69) is 15.1 Å². The SMILES string of the molecule is OC1CC(c2ccc(F)c(F)c2)N(Cc2ccc3cn[nH]c3c2)C1. The topological polar surface area (TPSA) is 52.1 Å². The van der Waals surface area contributed by atoms with E-state index in [1.807, 2.05) is 18.2 Å². The van der Waals surface area contributed by atoms with Crippen molar-refractivity contribution in [2.75, 3.05) is 6.54 Å². The Kier molecular flexibility index (Phi) is 3.78. The maximum Gasteiger partial charge on any atom is 0.159 e. The molecule has 3 aromatic rings. The molecule has 1 saturated heterocycles. The van der Waals surface area contributed by atoms with Crippen LogP contribution in [0.1, 0.15) is 23.6 Å². The Labute approximate surface area is 137 Å². The molecule has 2 atom stereocenters. The van der Waals surface area contributed by atoms with E-state index in [1.54, 1.807) is 12.3 Å². The van der Waals surface area contributed by atoms with Gasteiger partial charge in [0.05, 0.1) is 17.8 Å². The summed E-state index contributed by atoms with van der Waals surface area (Å²) in [5.74, 6) is -1.71. The van der Waals surface area contributed by atoms with Crippen LogP contribution in [-0.2, 0) is 6.54 Å². The fourth-order valence-corrected chi connectivity index (χ4v) is 3.44. The normalized spacial score (nSPS) is 21.6. The molecule has 0 bridgehead atoms. The maximum absolute atomic E-state index is 13.6. The smallest absolute Gasteiger partial charge is 0.159 e. The number of H-pyrrole nitrogens is 1. The highest BCUT2D eigenvalue weighted by molar-refractivity contribution is 5.78. The van der Waals surface area contributed by atoms with Gasteiger partial charge in [0.1, 0.15) is 0 Å². The van der Waals surface area contributed by atoms with E-state index in [-0.39, 0.29) is 6.04 Å². The van der Waals surface area contributed by atoms with Gasteiger partial charge in [0.15, 0.2) is 11.6 Å². The predicted octanol–water partition coefficient (Wildman–Crippen LogP) is 3.15. The number of β-amino-alcohol motifs (C(OH)–C–C–N with tert-alkyl or cyclic N) is 1. The maximum atomic E-state index is 13.6. The van der Waals surface area contributed by atoms with Crippen molar-refractivity contribution < 1.29 is 13.9 Å². The Morgan fingerprint density at radius 2 is 2.04 bits per heavy atom. The number of aromatic amines is 1. The third-order valence-electron chi connectivity index (χ3n) is 4.60. The molecule has 4 nitrogen and oxygen atoms in total. The highest BCUT2D eigenvalue weighted by Gasteiger charge is 2.32. The molecule has 1 aromatic heterocycles. The Morgan fingerprint density at radius 1 is 1.17 bits per heavy atom. The Hall–Kier alpha value is -2.31. The van der Waals surface area contributed by atoms with Crippen LogP contribution >= 0.6 is 0 Å². The molecule has 1 aliphatic heterocycles. The van der Waals surface area contributed by atoms with Crippen LogP contribution in [0.2, 0.25) is 0 Å². The lowest BCUT2D eigenvalue weighted by molar-refractivity contribution is 0.172. The van der Waals surface area contributed by atoms with Crippen molar-refractivity contribution >= 4 is 10.9 Å². The molecule has 0 saturated carbocycles. The number of hydrogen-bond donors (Lipinski definition) is 2. The van der Waals surface area contributed by atoms with E-state index in [1.165, 1.54) is 6.07 Å². The van der Waals surface area contributed by atoms with Crippen molar-refractivity contribution in [3.63, 3.8) is 0 Å². The molecule has 2 aromatic carbocycles. The summed E-state index contributed by atoms with van der Waals surface area (Å²) in [5, 5.41) is 18.0. The predicted molar refractivity (Wildman–Crippen MR) is 86.2 cm³/mol. The molecule has 4 rings (SSSR count). The Balaban J connectivity index is 1.61. The fraction of sp³-hybridized carbons (Fsp3) is 0.278. The van der Waals surface area contributed by atoms with Crippen LogP contribution in [0.3, 0.4) is 0 Å². The summed E-state index contributed by atoms with van der Waals surface area (Å²) < 4.78 is 26.7. The quantitative estimate of drug-likeness (QED) is 0.776. The monoisotopic (exact) mass is 329 g/mol. The van der Waals surface area contributed by atoms with Crippen LogP contribution < -0.4 is 0 Å². The average molecular weight is 329 g/mol. The first-order valence-electron chi connectivity index (χ1n) is 7.89. The van der Waals surface area contributed by atoms with E-state index in [9.17, 15) is 13.9 Å². The number of aliphatic hydroxyl groups excluding tert-OH is 1. The summed E-state index contributed by atoms with van der Waals surface area (Å²) in [6.07, 6.45) is 1.80. The van der Waals surface area contributed by atoms with Gasteiger partial charge in [0.2, 0.25) is 0 Å². The molecule has 0 amide bonds. The van der Waals surface area contributed by atoms with Crippen LogP contribution in [0.5, 0.6) is 0 Å². The van der Waals surface area contributed by atoms with Gasteiger partial charge < -0.3 is 5.11 Å². The largest absolute Gasteiger partial charge is 0.392 e. The average Bonchev–Trinajstić information content (AvgIpc) is 3.16. The van der Waals surface area contributed by atoms with Gasteiger partial charge in [-0.25, -0.2) is 8.78 Å². The summed E-state index contributed by atoms with van der Waals surface area (Å²) in [6, 6.07) is 9.86.